The Kier molecular flexibility index (Phi) is 2.81. The predicted octanol–water partition coefficient (Wildman–Crippen LogP) is 4.26. The van der Waals surface area contributed by atoms with Gasteiger partial charge in [-0.05, 0) is 37.6 Å². The summed E-state index contributed by atoms with van der Waals surface area (Å²) in [6.45, 7) is 3.62. The summed E-state index contributed by atoms with van der Waals surface area (Å²) in [7, 11) is 0. The highest BCUT2D eigenvalue weighted by Gasteiger charge is 2.16. The van der Waals surface area contributed by atoms with Crippen LogP contribution in [0, 0.1) is 13.8 Å². The molecular formula is C19H15NO3. The van der Waals surface area contributed by atoms with Crippen molar-refractivity contribution < 1.29 is 9.52 Å². The molecule has 4 rings (SSSR count). The van der Waals surface area contributed by atoms with E-state index in [4.69, 9.17) is 4.42 Å². The number of benzene rings is 2. The molecule has 0 aliphatic heterocycles. The highest BCUT2D eigenvalue weighted by Crippen LogP contribution is 2.38. The second-order valence-electron chi connectivity index (χ2n) is 5.79. The quantitative estimate of drug-likeness (QED) is 0.516. The molecule has 0 radical (unpaired) electrons. The second kappa shape index (κ2) is 4.74. The molecule has 0 fully saturated rings. The number of phenolic OH excluding ortho intramolecular Hbond substituents is 1. The van der Waals surface area contributed by atoms with Crippen molar-refractivity contribution in [2.45, 2.75) is 13.8 Å². The fourth-order valence-electron chi connectivity index (χ4n) is 3.02. The molecule has 4 aromatic rings. The van der Waals surface area contributed by atoms with E-state index in [1.165, 1.54) is 6.07 Å². The van der Waals surface area contributed by atoms with E-state index in [9.17, 15) is 9.90 Å². The smallest absolute Gasteiger partial charge is 0.336 e. The van der Waals surface area contributed by atoms with E-state index in [1.54, 1.807) is 6.92 Å². The van der Waals surface area contributed by atoms with Crippen LogP contribution in [0.4, 0.5) is 0 Å². The Labute approximate surface area is 132 Å². The first-order chi connectivity index (χ1) is 11.0. The number of rotatable bonds is 1. The molecule has 0 saturated carbocycles. The SMILES string of the molecule is Cc1cc(=O)oc2c(C)c(O)c(-c3cc4ccccc4[nH]3)cc12. The number of aryl methyl sites for hydroxylation is 2. The maximum atomic E-state index is 11.6. The van der Waals surface area contributed by atoms with E-state index < -0.39 is 5.63 Å². The monoisotopic (exact) mass is 305 g/mol. The lowest BCUT2D eigenvalue weighted by atomic mass is 10.0. The molecule has 0 spiro atoms. The Balaban J connectivity index is 2.07. The molecule has 23 heavy (non-hydrogen) atoms. The minimum absolute atomic E-state index is 0.123. The van der Waals surface area contributed by atoms with Gasteiger partial charge in [-0.3, -0.25) is 0 Å². The zero-order chi connectivity index (χ0) is 16.1. The van der Waals surface area contributed by atoms with Gasteiger partial charge in [-0.15, -0.1) is 0 Å². The van der Waals surface area contributed by atoms with Crippen molar-refractivity contribution in [3.63, 3.8) is 0 Å². The Morgan fingerprint density at radius 1 is 1.09 bits per heavy atom. The summed E-state index contributed by atoms with van der Waals surface area (Å²) in [4.78, 5) is 14.9. The highest BCUT2D eigenvalue weighted by molar-refractivity contribution is 5.94. The van der Waals surface area contributed by atoms with Gasteiger partial charge >= 0.3 is 5.63 Å². The van der Waals surface area contributed by atoms with E-state index in [0.29, 0.717) is 16.7 Å². The number of aromatic amines is 1. The second-order valence-corrected chi connectivity index (χ2v) is 5.79. The van der Waals surface area contributed by atoms with Crippen LogP contribution in [0.25, 0.3) is 33.1 Å². The number of para-hydroxylation sites is 1. The Morgan fingerprint density at radius 2 is 1.87 bits per heavy atom. The number of aromatic hydroxyl groups is 1. The Hall–Kier alpha value is -3.01. The predicted molar refractivity (Wildman–Crippen MR) is 90.9 cm³/mol. The summed E-state index contributed by atoms with van der Waals surface area (Å²) in [5.41, 5.74) is 3.97. The van der Waals surface area contributed by atoms with Gasteiger partial charge in [-0.1, -0.05) is 18.2 Å². The average molecular weight is 305 g/mol. The van der Waals surface area contributed by atoms with Crippen LogP contribution in [0.5, 0.6) is 5.75 Å². The zero-order valence-corrected chi connectivity index (χ0v) is 12.8. The average Bonchev–Trinajstić information content (AvgIpc) is 2.95. The van der Waals surface area contributed by atoms with Gasteiger partial charge in [-0.25, -0.2) is 4.79 Å². The molecule has 2 aromatic carbocycles. The van der Waals surface area contributed by atoms with E-state index >= 15 is 0 Å². The summed E-state index contributed by atoms with van der Waals surface area (Å²) >= 11 is 0. The van der Waals surface area contributed by atoms with Gasteiger partial charge in [0.1, 0.15) is 11.3 Å². The molecular weight excluding hydrogens is 290 g/mol. The number of nitrogens with one attached hydrogen (secondary N) is 1. The summed E-state index contributed by atoms with van der Waals surface area (Å²) in [6, 6.07) is 13.3. The van der Waals surface area contributed by atoms with E-state index in [-0.39, 0.29) is 5.75 Å². The van der Waals surface area contributed by atoms with E-state index in [0.717, 1.165) is 27.5 Å². The van der Waals surface area contributed by atoms with Crippen molar-refractivity contribution in [1.29, 1.82) is 0 Å². The van der Waals surface area contributed by atoms with Gasteiger partial charge in [0.25, 0.3) is 0 Å². The van der Waals surface area contributed by atoms with Gasteiger partial charge in [0.05, 0.1) is 5.69 Å². The Bertz CT molecular complexity index is 1090. The van der Waals surface area contributed by atoms with Crippen LogP contribution in [0.3, 0.4) is 0 Å². The number of hydrogen-bond donors (Lipinski definition) is 2. The van der Waals surface area contributed by atoms with Crippen LogP contribution in [0.1, 0.15) is 11.1 Å². The van der Waals surface area contributed by atoms with Crippen LogP contribution in [0.2, 0.25) is 0 Å². The van der Waals surface area contributed by atoms with Crippen molar-refractivity contribution in [3.05, 3.63) is 64.0 Å². The van der Waals surface area contributed by atoms with Crippen molar-refractivity contribution in [2.75, 3.05) is 0 Å². The number of hydrogen-bond acceptors (Lipinski definition) is 3. The molecule has 0 unspecified atom stereocenters. The largest absolute Gasteiger partial charge is 0.507 e. The van der Waals surface area contributed by atoms with Gasteiger partial charge in [0, 0.05) is 33.5 Å². The highest BCUT2D eigenvalue weighted by atomic mass is 16.4. The zero-order valence-electron chi connectivity index (χ0n) is 12.8. The third-order valence-corrected chi connectivity index (χ3v) is 4.27. The molecule has 2 N–H and O–H groups in total. The number of aromatic nitrogens is 1. The first-order valence-corrected chi connectivity index (χ1v) is 7.40. The van der Waals surface area contributed by atoms with Crippen molar-refractivity contribution in [2.24, 2.45) is 0 Å². The number of fused-ring (bicyclic) bond motifs is 2. The maximum absolute atomic E-state index is 11.6. The van der Waals surface area contributed by atoms with E-state index in [1.807, 2.05) is 43.3 Å². The Morgan fingerprint density at radius 3 is 2.65 bits per heavy atom. The lowest BCUT2D eigenvalue weighted by molar-refractivity contribution is 0.470. The fourth-order valence-corrected chi connectivity index (χ4v) is 3.02. The third-order valence-electron chi connectivity index (χ3n) is 4.27. The normalized spacial score (nSPS) is 11.4. The minimum atomic E-state index is -0.407. The standard InChI is InChI=1S/C19H15NO3/c1-10-7-17(21)23-19-11(2)18(22)14(9-13(10)19)16-8-12-5-3-4-6-15(12)20-16/h3-9,20,22H,1-2H3. The topological polar surface area (TPSA) is 66.2 Å². The minimum Gasteiger partial charge on any atom is -0.507 e. The van der Waals surface area contributed by atoms with Crippen LogP contribution in [-0.2, 0) is 0 Å². The van der Waals surface area contributed by atoms with Crippen LogP contribution >= 0.6 is 0 Å². The lowest BCUT2D eigenvalue weighted by Gasteiger charge is -2.10. The van der Waals surface area contributed by atoms with Gasteiger partial charge < -0.3 is 14.5 Å². The summed E-state index contributed by atoms with van der Waals surface area (Å²) < 4.78 is 5.28. The third kappa shape index (κ3) is 2.03. The first kappa shape index (κ1) is 13.6. The maximum Gasteiger partial charge on any atom is 0.336 e. The van der Waals surface area contributed by atoms with Gasteiger partial charge in [0.2, 0.25) is 0 Å². The molecule has 0 aliphatic rings. The van der Waals surface area contributed by atoms with Crippen molar-refractivity contribution >= 4 is 21.9 Å². The molecule has 2 aromatic heterocycles. The van der Waals surface area contributed by atoms with Crippen LogP contribution < -0.4 is 5.63 Å². The molecule has 0 aliphatic carbocycles. The van der Waals surface area contributed by atoms with Crippen LogP contribution in [-0.4, -0.2) is 10.1 Å². The molecule has 0 amide bonds. The summed E-state index contributed by atoms with van der Waals surface area (Å²) in [6.07, 6.45) is 0. The molecule has 4 nitrogen and oxygen atoms in total. The van der Waals surface area contributed by atoms with Crippen molar-refractivity contribution in [3.8, 4) is 17.0 Å². The summed E-state index contributed by atoms with van der Waals surface area (Å²) in [5, 5.41) is 12.5. The summed E-state index contributed by atoms with van der Waals surface area (Å²) in [5.74, 6) is 0.123. The molecule has 114 valence electrons. The molecule has 0 atom stereocenters. The van der Waals surface area contributed by atoms with Crippen molar-refractivity contribution in [1.82, 2.24) is 4.98 Å². The van der Waals surface area contributed by atoms with Gasteiger partial charge in [-0.2, -0.15) is 0 Å². The van der Waals surface area contributed by atoms with E-state index in [2.05, 4.69) is 4.98 Å². The molecule has 0 saturated heterocycles. The van der Waals surface area contributed by atoms with Gasteiger partial charge in [0.15, 0.2) is 0 Å². The molecule has 0 bridgehead atoms. The molecule has 2 heterocycles. The first-order valence-electron chi connectivity index (χ1n) is 7.40. The number of H-pyrrole nitrogens is 1. The van der Waals surface area contributed by atoms with Crippen LogP contribution in [0.15, 0.2) is 51.7 Å². The fraction of sp³-hybridized carbons (Fsp3) is 0.105. The molecule has 4 heteroatoms. The lowest BCUT2D eigenvalue weighted by Crippen LogP contribution is -1.99. The number of phenols is 1.